The summed E-state index contributed by atoms with van der Waals surface area (Å²) < 4.78 is 0. The van der Waals surface area contributed by atoms with E-state index in [0.29, 0.717) is 6.54 Å². The zero-order valence-electron chi connectivity index (χ0n) is 13.4. The molecule has 2 amide bonds. The highest BCUT2D eigenvalue weighted by Crippen LogP contribution is 2.29. The molecule has 3 rings (SSSR count). The van der Waals surface area contributed by atoms with Crippen LogP contribution in [0, 0.1) is 12.8 Å². The van der Waals surface area contributed by atoms with Crippen molar-refractivity contribution in [2.24, 2.45) is 5.92 Å². The maximum absolute atomic E-state index is 12.6. The van der Waals surface area contributed by atoms with Crippen LogP contribution in [-0.2, 0) is 9.59 Å². The fourth-order valence-corrected chi connectivity index (χ4v) is 3.53. The largest absolute Gasteiger partial charge is 0.329 e. The Balaban J connectivity index is 1.72. The standard InChI is InChI=1S/C18H24N2O2/c1-13-7-9-16(10-8-13)20-11-14(2)19(12-17(20)21)18(22)15-5-3-4-6-15/h7-10,14-15H,3-6,11-12H2,1-2H3. The first kappa shape index (κ1) is 15.1. The molecule has 0 bridgehead atoms. The topological polar surface area (TPSA) is 40.6 Å². The van der Waals surface area contributed by atoms with Crippen LogP contribution < -0.4 is 4.90 Å². The van der Waals surface area contributed by atoms with Crippen LogP contribution in [-0.4, -0.2) is 35.8 Å². The third-order valence-electron chi connectivity index (χ3n) is 4.92. The molecule has 1 aliphatic heterocycles. The van der Waals surface area contributed by atoms with Gasteiger partial charge in [0.25, 0.3) is 0 Å². The Morgan fingerprint density at radius 1 is 1.14 bits per heavy atom. The number of rotatable bonds is 2. The lowest BCUT2D eigenvalue weighted by Crippen LogP contribution is -2.58. The third kappa shape index (κ3) is 2.87. The second-order valence-corrected chi connectivity index (χ2v) is 6.64. The SMILES string of the molecule is Cc1ccc(N2CC(C)N(C(=O)C3CCCC3)CC2=O)cc1. The van der Waals surface area contributed by atoms with E-state index >= 15 is 0 Å². The molecule has 4 nitrogen and oxygen atoms in total. The number of amides is 2. The van der Waals surface area contributed by atoms with E-state index < -0.39 is 0 Å². The van der Waals surface area contributed by atoms with E-state index in [-0.39, 0.29) is 30.3 Å². The number of hydrogen-bond acceptors (Lipinski definition) is 2. The van der Waals surface area contributed by atoms with Gasteiger partial charge in [-0.25, -0.2) is 0 Å². The fraction of sp³-hybridized carbons (Fsp3) is 0.556. The molecule has 4 heteroatoms. The molecule has 1 saturated heterocycles. The molecule has 0 aromatic heterocycles. The molecule has 1 saturated carbocycles. The van der Waals surface area contributed by atoms with Crippen LogP contribution in [0.25, 0.3) is 0 Å². The Labute approximate surface area is 132 Å². The van der Waals surface area contributed by atoms with E-state index in [9.17, 15) is 9.59 Å². The van der Waals surface area contributed by atoms with Gasteiger partial charge >= 0.3 is 0 Å². The van der Waals surface area contributed by atoms with Gasteiger partial charge in [0.05, 0.1) is 0 Å². The number of carbonyl (C=O) groups is 2. The monoisotopic (exact) mass is 300 g/mol. The molecule has 1 aromatic rings. The highest BCUT2D eigenvalue weighted by Gasteiger charge is 2.36. The summed E-state index contributed by atoms with van der Waals surface area (Å²) in [7, 11) is 0. The molecule has 2 aliphatic rings. The number of anilines is 1. The molecule has 1 unspecified atom stereocenters. The first-order valence-electron chi connectivity index (χ1n) is 8.24. The van der Waals surface area contributed by atoms with Crippen molar-refractivity contribution in [2.45, 2.75) is 45.6 Å². The number of carbonyl (C=O) groups excluding carboxylic acids is 2. The summed E-state index contributed by atoms with van der Waals surface area (Å²) in [5, 5.41) is 0. The van der Waals surface area contributed by atoms with Crippen molar-refractivity contribution >= 4 is 17.5 Å². The highest BCUT2D eigenvalue weighted by atomic mass is 16.2. The van der Waals surface area contributed by atoms with Crippen LogP contribution >= 0.6 is 0 Å². The van der Waals surface area contributed by atoms with Crippen molar-refractivity contribution in [3.8, 4) is 0 Å². The van der Waals surface area contributed by atoms with Gasteiger partial charge in [-0.3, -0.25) is 9.59 Å². The Bertz CT molecular complexity index is 561. The Morgan fingerprint density at radius 3 is 2.41 bits per heavy atom. The molecule has 0 radical (unpaired) electrons. The van der Waals surface area contributed by atoms with Crippen molar-refractivity contribution in [3.05, 3.63) is 29.8 Å². The summed E-state index contributed by atoms with van der Waals surface area (Å²) in [4.78, 5) is 28.7. The van der Waals surface area contributed by atoms with Gasteiger partial charge in [0.15, 0.2) is 0 Å². The number of nitrogens with zero attached hydrogens (tertiary/aromatic N) is 2. The molecule has 1 atom stereocenters. The summed E-state index contributed by atoms with van der Waals surface area (Å²) in [5.41, 5.74) is 2.11. The summed E-state index contributed by atoms with van der Waals surface area (Å²) in [6.07, 6.45) is 4.25. The predicted octanol–water partition coefficient (Wildman–Crippen LogP) is 2.75. The molecule has 0 N–H and O–H groups in total. The molecule has 118 valence electrons. The second-order valence-electron chi connectivity index (χ2n) is 6.64. The average Bonchev–Trinajstić information content (AvgIpc) is 3.04. The van der Waals surface area contributed by atoms with Gasteiger partial charge in [-0.2, -0.15) is 0 Å². The zero-order valence-corrected chi connectivity index (χ0v) is 13.4. The van der Waals surface area contributed by atoms with Gasteiger partial charge in [0.2, 0.25) is 11.8 Å². The van der Waals surface area contributed by atoms with Gasteiger partial charge < -0.3 is 9.80 Å². The second kappa shape index (κ2) is 6.11. The van der Waals surface area contributed by atoms with E-state index in [1.54, 1.807) is 4.90 Å². The summed E-state index contributed by atoms with van der Waals surface area (Å²) >= 11 is 0. The van der Waals surface area contributed by atoms with Crippen LogP contribution in [0.1, 0.15) is 38.2 Å². The smallest absolute Gasteiger partial charge is 0.246 e. The number of aryl methyl sites for hydroxylation is 1. The van der Waals surface area contributed by atoms with E-state index in [2.05, 4.69) is 0 Å². The lowest BCUT2D eigenvalue weighted by Gasteiger charge is -2.40. The third-order valence-corrected chi connectivity index (χ3v) is 4.92. The first-order valence-corrected chi connectivity index (χ1v) is 8.24. The van der Waals surface area contributed by atoms with Crippen LogP contribution in [0.3, 0.4) is 0 Å². The molecule has 22 heavy (non-hydrogen) atoms. The molecule has 0 spiro atoms. The Kier molecular flexibility index (Phi) is 4.19. The molecule has 2 fully saturated rings. The maximum atomic E-state index is 12.6. The van der Waals surface area contributed by atoms with E-state index in [1.165, 1.54) is 5.56 Å². The lowest BCUT2D eigenvalue weighted by molar-refractivity contribution is -0.142. The van der Waals surface area contributed by atoms with Crippen molar-refractivity contribution in [2.75, 3.05) is 18.0 Å². The fourth-order valence-electron chi connectivity index (χ4n) is 3.53. The lowest BCUT2D eigenvalue weighted by atomic mass is 10.0. The van der Waals surface area contributed by atoms with Crippen molar-refractivity contribution in [3.63, 3.8) is 0 Å². The molecule has 1 aliphatic carbocycles. The van der Waals surface area contributed by atoms with Crippen LogP contribution in [0.2, 0.25) is 0 Å². The average molecular weight is 300 g/mol. The van der Waals surface area contributed by atoms with E-state index in [4.69, 9.17) is 0 Å². The van der Waals surface area contributed by atoms with Crippen LogP contribution in [0.15, 0.2) is 24.3 Å². The molecule has 1 heterocycles. The summed E-state index contributed by atoms with van der Waals surface area (Å²) in [5.74, 6) is 0.344. The van der Waals surface area contributed by atoms with E-state index in [0.717, 1.165) is 31.4 Å². The summed E-state index contributed by atoms with van der Waals surface area (Å²) in [6, 6.07) is 8.07. The minimum absolute atomic E-state index is 0.0216. The van der Waals surface area contributed by atoms with Gasteiger partial charge in [-0.1, -0.05) is 30.5 Å². The number of piperazine rings is 1. The minimum atomic E-state index is 0.0216. The first-order chi connectivity index (χ1) is 10.6. The Hall–Kier alpha value is -1.84. The van der Waals surface area contributed by atoms with Gasteiger partial charge in [-0.05, 0) is 38.8 Å². The van der Waals surface area contributed by atoms with Crippen LogP contribution in [0.4, 0.5) is 5.69 Å². The number of benzene rings is 1. The molecular weight excluding hydrogens is 276 g/mol. The highest BCUT2D eigenvalue weighted by molar-refractivity contribution is 5.98. The van der Waals surface area contributed by atoms with Gasteiger partial charge in [0.1, 0.15) is 6.54 Å². The quantitative estimate of drug-likeness (QED) is 0.842. The normalized spacial score (nSPS) is 23.2. The predicted molar refractivity (Wildman–Crippen MR) is 86.7 cm³/mol. The van der Waals surface area contributed by atoms with Crippen molar-refractivity contribution in [1.29, 1.82) is 0 Å². The van der Waals surface area contributed by atoms with Crippen molar-refractivity contribution < 1.29 is 9.59 Å². The summed E-state index contributed by atoms with van der Waals surface area (Å²) in [6.45, 7) is 4.87. The zero-order chi connectivity index (χ0) is 15.7. The van der Waals surface area contributed by atoms with Gasteiger partial charge in [0, 0.05) is 24.2 Å². The molecule has 1 aromatic carbocycles. The van der Waals surface area contributed by atoms with Crippen LogP contribution in [0.5, 0.6) is 0 Å². The minimum Gasteiger partial charge on any atom is -0.329 e. The van der Waals surface area contributed by atoms with Crippen molar-refractivity contribution in [1.82, 2.24) is 4.90 Å². The molecular formula is C18H24N2O2. The number of hydrogen-bond donors (Lipinski definition) is 0. The van der Waals surface area contributed by atoms with Gasteiger partial charge in [-0.15, -0.1) is 0 Å². The maximum Gasteiger partial charge on any atom is 0.246 e. The Morgan fingerprint density at radius 2 is 1.77 bits per heavy atom. The van der Waals surface area contributed by atoms with E-state index in [1.807, 2.05) is 43.0 Å².